The molecule has 4 rings (SSSR count). The third-order valence-electron chi connectivity index (χ3n) is 5.56. The van der Waals surface area contributed by atoms with E-state index in [1.807, 2.05) is 24.3 Å². The Morgan fingerprint density at radius 3 is 2.59 bits per heavy atom. The third kappa shape index (κ3) is 3.50. The van der Waals surface area contributed by atoms with Crippen LogP contribution >= 0.6 is 11.5 Å². The highest BCUT2D eigenvalue weighted by atomic mass is 32.1. The molecule has 2 aliphatic heterocycles. The summed E-state index contributed by atoms with van der Waals surface area (Å²) in [7, 11) is 0. The van der Waals surface area contributed by atoms with Gasteiger partial charge in [-0.2, -0.15) is 0 Å². The van der Waals surface area contributed by atoms with E-state index in [1.54, 1.807) is 11.8 Å². The Kier molecular flexibility index (Phi) is 5.08. The van der Waals surface area contributed by atoms with Crippen molar-refractivity contribution in [1.29, 1.82) is 0 Å². The largest absolute Gasteiger partial charge is 0.348 e. The van der Waals surface area contributed by atoms with Gasteiger partial charge in [-0.3, -0.25) is 9.59 Å². The first-order chi connectivity index (χ1) is 13.9. The molecule has 152 valence electrons. The maximum atomic E-state index is 13.0. The highest BCUT2D eigenvalue weighted by Gasteiger charge is 2.48. The molecule has 0 spiro atoms. The number of hydrogen-bond donors (Lipinski definition) is 1. The molecule has 0 radical (unpaired) electrons. The summed E-state index contributed by atoms with van der Waals surface area (Å²) in [6, 6.07) is 6.53. The maximum absolute atomic E-state index is 13.0. The van der Waals surface area contributed by atoms with Gasteiger partial charge in [-0.25, -0.2) is 9.69 Å². The Hall–Kier alpha value is -2.81. The van der Waals surface area contributed by atoms with Gasteiger partial charge in [-0.15, -0.1) is 5.10 Å². The number of carbonyl (C=O) groups is 3. The van der Waals surface area contributed by atoms with Crippen molar-refractivity contribution in [1.82, 2.24) is 19.8 Å². The van der Waals surface area contributed by atoms with Crippen LogP contribution in [0.5, 0.6) is 0 Å². The highest BCUT2D eigenvalue weighted by molar-refractivity contribution is 7.08. The lowest BCUT2D eigenvalue weighted by atomic mass is 9.97. The third-order valence-corrected chi connectivity index (χ3v) is 6.38. The van der Waals surface area contributed by atoms with Crippen molar-refractivity contribution in [2.75, 3.05) is 11.4 Å². The number of hydrogen-bond acceptors (Lipinski definition) is 6. The summed E-state index contributed by atoms with van der Waals surface area (Å²) in [5, 5.41) is 6.83. The Bertz CT molecular complexity index is 955. The fraction of sp³-hybridized carbons (Fsp3) is 0.450. The molecule has 8 nitrogen and oxygen atoms in total. The molecule has 1 N–H and O–H groups in total. The molecule has 2 aromatic rings. The van der Waals surface area contributed by atoms with Crippen LogP contribution in [0.2, 0.25) is 0 Å². The first-order valence-electron chi connectivity index (χ1n) is 9.71. The predicted octanol–water partition coefficient (Wildman–Crippen LogP) is 2.70. The molecule has 9 heteroatoms. The molecule has 1 aromatic carbocycles. The average molecular weight is 414 g/mol. The summed E-state index contributed by atoms with van der Waals surface area (Å²) in [6.45, 7) is 6.36. The van der Waals surface area contributed by atoms with Gasteiger partial charge in [0.1, 0.15) is 10.9 Å². The Balaban J connectivity index is 1.48. The molecule has 2 fully saturated rings. The van der Waals surface area contributed by atoms with E-state index in [9.17, 15) is 14.4 Å². The number of nitrogens with one attached hydrogen (secondary N) is 1. The zero-order valence-electron chi connectivity index (χ0n) is 16.6. The second kappa shape index (κ2) is 7.55. The Morgan fingerprint density at radius 2 is 1.97 bits per heavy atom. The highest BCUT2D eigenvalue weighted by Crippen LogP contribution is 2.31. The minimum atomic E-state index is -0.549. The zero-order valence-corrected chi connectivity index (χ0v) is 17.4. The molecule has 2 saturated heterocycles. The van der Waals surface area contributed by atoms with Crippen molar-refractivity contribution in [3.8, 4) is 0 Å². The van der Waals surface area contributed by atoms with E-state index in [1.165, 1.54) is 4.90 Å². The van der Waals surface area contributed by atoms with Gasteiger partial charge in [0, 0.05) is 12.6 Å². The molecule has 2 atom stereocenters. The lowest BCUT2D eigenvalue weighted by molar-refractivity contribution is -0.120. The van der Waals surface area contributed by atoms with Crippen LogP contribution in [0.15, 0.2) is 24.3 Å². The number of rotatable bonds is 4. The van der Waals surface area contributed by atoms with Crippen LogP contribution in [-0.2, 0) is 4.79 Å². The van der Waals surface area contributed by atoms with Crippen molar-refractivity contribution >= 4 is 35.1 Å². The van der Waals surface area contributed by atoms with E-state index in [0.29, 0.717) is 41.6 Å². The first-order valence-corrected chi connectivity index (χ1v) is 10.5. The summed E-state index contributed by atoms with van der Waals surface area (Å²) in [5.74, 6) is -0.0853. The maximum Gasteiger partial charge on any atom is 0.332 e. The molecule has 4 amide bonds. The topological polar surface area (TPSA) is 95.5 Å². The van der Waals surface area contributed by atoms with Gasteiger partial charge in [0.15, 0.2) is 0 Å². The second-order valence-electron chi connectivity index (χ2n) is 7.79. The van der Waals surface area contributed by atoms with Gasteiger partial charge in [0.05, 0.1) is 11.4 Å². The van der Waals surface area contributed by atoms with E-state index in [4.69, 9.17) is 0 Å². The van der Waals surface area contributed by atoms with Crippen molar-refractivity contribution in [2.45, 2.75) is 51.6 Å². The van der Waals surface area contributed by atoms with Crippen LogP contribution in [0.1, 0.15) is 53.5 Å². The van der Waals surface area contributed by atoms with Gasteiger partial charge < -0.3 is 10.2 Å². The first kappa shape index (κ1) is 19.5. The minimum absolute atomic E-state index is 0.176. The molecule has 3 heterocycles. The lowest BCUT2D eigenvalue weighted by Gasteiger charge is -2.32. The smallest absolute Gasteiger partial charge is 0.332 e. The van der Waals surface area contributed by atoms with Crippen LogP contribution < -0.4 is 10.2 Å². The van der Waals surface area contributed by atoms with Gasteiger partial charge >= 0.3 is 6.03 Å². The SMILES string of the molecule is Cc1nnsc1C(=O)N[C@H]1CCN2C(=O)N(c3ccc(C(C)C)cc3)C(=O)[C@@H]2C1. The van der Waals surface area contributed by atoms with Crippen LogP contribution in [0.4, 0.5) is 10.5 Å². The number of fused-ring (bicyclic) bond motifs is 1. The lowest BCUT2D eigenvalue weighted by Crippen LogP contribution is -2.49. The Labute approximate surface area is 173 Å². The predicted molar refractivity (Wildman–Crippen MR) is 109 cm³/mol. The number of carbonyl (C=O) groups excluding carboxylic acids is 3. The van der Waals surface area contributed by atoms with E-state index >= 15 is 0 Å². The molecule has 2 aliphatic rings. The van der Waals surface area contributed by atoms with E-state index < -0.39 is 6.04 Å². The fourth-order valence-corrected chi connectivity index (χ4v) is 4.43. The van der Waals surface area contributed by atoms with Gasteiger partial charge in [-0.1, -0.05) is 30.5 Å². The van der Waals surface area contributed by atoms with Crippen molar-refractivity contribution in [3.63, 3.8) is 0 Å². The van der Waals surface area contributed by atoms with Crippen molar-refractivity contribution in [3.05, 3.63) is 40.4 Å². The normalized spacial score (nSPS) is 21.7. The number of imide groups is 1. The number of benzene rings is 1. The molecule has 0 aliphatic carbocycles. The molecule has 29 heavy (non-hydrogen) atoms. The summed E-state index contributed by atoms with van der Waals surface area (Å²) >= 11 is 1.05. The molecule has 0 unspecified atom stereocenters. The molecule has 0 bridgehead atoms. The summed E-state index contributed by atoms with van der Waals surface area (Å²) in [5.41, 5.74) is 2.33. The van der Waals surface area contributed by atoms with E-state index in [0.717, 1.165) is 17.1 Å². The molecule has 0 saturated carbocycles. The van der Waals surface area contributed by atoms with Gasteiger partial charge in [0.2, 0.25) is 0 Å². The van der Waals surface area contributed by atoms with Crippen LogP contribution in [-0.4, -0.2) is 51.0 Å². The number of nitrogens with zero attached hydrogens (tertiary/aromatic N) is 4. The standard InChI is InChI=1S/C20H23N5O3S/c1-11(2)13-4-6-15(7-5-13)25-19(27)16-10-14(8-9-24(16)20(25)28)21-18(26)17-12(3)22-23-29-17/h4-7,11,14,16H,8-10H2,1-3H3,(H,21,26)/t14-,16-/m0/s1. The molecular weight excluding hydrogens is 390 g/mol. The minimum Gasteiger partial charge on any atom is -0.348 e. The van der Waals surface area contributed by atoms with Crippen molar-refractivity contribution < 1.29 is 14.4 Å². The number of amides is 4. The molecular formula is C20H23N5O3S. The zero-order chi connectivity index (χ0) is 20.7. The summed E-state index contributed by atoms with van der Waals surface area (Å²) in [6.07, 6.45) is 1.01. The van der Waals surface area contributed by atoms with Crippen LogP contribution in [0.3, 0.4) is 0 Å². The average Bonchev–Trinajstić information content (AvgIpc) is 3.23. The quantitative estimate of drug-likeness (QED) is 0.778. The summed E-state index contributed by atoms with van der Waals surface area (Å²) in [4.78, 5) is 41.7. The van der Waals surface area contributed by atoms with Crippen molar-refractivity contribution in [2.24, 2.45) is 0 Å². The van der Waals surface area contributed by atoms with E-state index in [2.05, 4.69) is 28.8 Å². The number of aryl methyl sites for hydroxylation is 1. The van der Waals surface area contributed by atoms with Crippen LogP contribution in [0.25, 0.3) is 0 Å². The van der Waals surface area contributed by atoms with Gasteiger partial charge in [0.25, 0.3) is 11.8 Å². The number of urea groups is 1. The van der Waals surface area contributed by atoms with Gasteiger partial charge in [-0.05, 0) is 54.9 Å². The number of piperidine rings is 1. The monoisotopic (exact) mass is 413 g/mol. The van der Waals surface area contributed by atoms with E-state index in [-0.39, 0.29) is 23.9 Å². The Morgan fingerprint density at radius 1 is 1.24 bits per heavy atom. The number of aromatic nitrogens is 2. The van der Waals surface area contributed by atoms with Crippen LogP contribution in [0, 0.1) is 6.92 Å². The second-order valence-corrected chi connectivity index (χ2v) is 8.55. The fourth-order valence-electron chi connectivity index (χ4n) is 3.87. The number of anilines is 1. The molecule has 1 aromatic heterocycles. The summed E-state index contributed by atoms with van der Waals surface area (Å²) < 4.78 is 3.79.